The van der Waals surface area contributed by atoms with Crippen molar-refractivity contribution in [1.29, 1.82) is 0 Å². The zero-order valence-electron chi connectivity index (χ0n) is 20.9. The second kappa shape index (κ2) is 11.2. The number of amides is 6. The summed E-state index contributed by atoms with van der Waals surface area (Å²) in [5, 5.41) is 9.77. The lowest BCUT2D eigenvalue weighted by molar-refractivity contribution is -0.134. The number of nitrogens with one attached hydrogen (secondary N) is 4. The number of likely N-dealkylation sites (N-methyl/N-ethyl adjacent to an activating group) is 1. The zero-order valence-corrected chi connectivity index (χ0v) is 21.8. The van der Waals surface area contributed by atoms with Crippen LogP contribution in [-0.4, -0.2) is 71.0 Å². The van der Waals surface area contributed by atoms with Gasteiger partial charge in [-0.3, -0.25) is 24.1 Å². The van der Waals surface area contributed by atoms with Gasteiger partial charge in [0.2, 0.25) is 17.7 Å². The summed E-state index contributed by atoms with van der Waals surface area (Å²) < 4.78 is 0. The van der Waals surface area contributed by atoms with E-state index < -0.39 is 46.1 Å². The molecule has 4 N–H and O–H groups in total. The van der Waals surface area contributed by atoms with Crippen molar-refractivity contribution in [2.24, 2.45) is 11.3 Å². The molecule has 6 amide bonds. The van der Waals surface area contributed by atoms with Gasteiger partial charge in [0.25, 0.3) is 5.91 Å². The lowest BCUT2D eigenvalue weighted by Gasteiger charge is -2.32. The van der Waals surface area contributed by atoms with Crippen LogP contribution in [0.1, 0.15) is 61.3 Å². The Bertz CT molecular complexity index is 778. The fourth-order valence-electron chi connectivity index (χ4n) is 3.44. The van der Waals surface area contributed by atoms with Crippen LogP contribution in [0.25, 0.3) is 0 Å². The van der Waals surface area contributed by atoms with Crippen LogP contribution < -0.4 is 21.3 Å². The molecule has 0 aromatic rings. The predicted molar refractivity (Wildman–Crippen MR) is 129 cm³/mol. The molecule has 1 fully saturated rings. The second-order valence-corrected chi connectivity index (χ2v) is 11.1. The van der Waals surface area contributed by atoms with Gasteiger partial charge in [-0.15, -0.1) is 0 Å². The van der Waals surface area contributed by atoms with Crippen LogP contribution in [0.5, 0.6) is 0 Å². The predicted octanol–water partition coefficient (Wildman–Crippen LogP) is 0.813. The standard InChI is InChI=1S/C22H39N5O5S/c1-12(2)11-13(16(28)25-15(18(30)23-8)21(3,4)5)24-17(29)14(33)9-10-27-19(31)22(6,7)26-20(27)32/h12-15,33H,9-11H2,1-8H3,(H,23,30)(H,24,29)(H,25,28)(H,26,32)/t13?,14-,15+/m1/s1. The minimum absolute atomic E-state index is 0.0273. The summed E-state index contributed by atoms with van der Waals surface area (Å²) in [6.45, 7) is 12.6. The molecule has 1 saturated heterocycles. The molecule has 1 aliphatic rings. The van der Waals surface area contributed by atoms with Crippen LogP contribution in [0, 0.1) is 11.3 Å². The number of thiol groups is 1. The topological polar surface area (TPSA) is 137 Å². The van der Waals surface area contributed by atoms with Crippen molar-refractivity contribution >= 4 is 42.3 Å². The molecular weight excluding hydrogens is 446 g/mol. The highest BCUT2D eigenvalue weighted by Crippen LogP contribution is 2.20. The molecule has 1 rings (SSSR count). The van der Waals surface area contributed by atoms with E-state index in [2.05, 4.69) is 33.9 Å². The quantitative estimate of drug-likeness (QED) is 0.230. The third-order valence-corrected chi connectivity index (χ3v) is 5.87. The Hall–Kier alpha value is -2.30. The maximum atomic E-state index is 13.0. The van der Waals surface area contributed by atoms with Crippen molar-refractivity contribution in [3.05, 3.63) is 0 Å². The molecule has 0 aromatic heterocycles. The number of hydrogen-bond acceptors (Lipinski definition) is 6. The molecule has 33 heavy (non-hydrogen) atoms. The number of imide groups is 1. The maximum absolute atomic E-state index is 13.0. The van der Waals surface area contributed by atoms with Gasteiger partial charge in [0, 0.05) is 13.6 Å². The summed E-state index contributed by atoms with van der Waals surface area (Å²) in [7, 11) is 1.50. The summed E-state index contributed by atoms with van der Waals surface area (Å²) in [5.41, 5.74) is -1.52. The van der Waals surface area contributed by atoms with Crippen LogP contribution in [-0.2, 0) is 19.2 Å². The van der Waals surface area contributed by atoms with E-state index in [1.54, 1.807) is 13.8 Å². The first-order valence-corrected chi connectivity index (χ1v) is 11.7. The zero-order chi connectivity index (χ0) is 25.7. The van der Waals surface area contributed by atoms with E-state index in [0.29, 0.717) is 6.42 Å². The van der Waals surface area contributed by atoms with Crippen LogP contribution in [0.15, 0.2) is 0 Å². The van der Waals surface area contributed by atoms with Crippen LogP contribution in [0.3, 0.4) is 0 Å². The van der Waals surface area contributed by atoms with Gasteiger partial charge in [-0.05, 0) is 38.0 Å². The van der Waals surface area contributed by atoms with Gasteiger partial charge in [-0.25, -0.2) is 4.79 Å². The molecule has 1 aliphatic heterocycles. The molecule has 0 bridgehead atoms. The molecule has 1 unspecified atom stereocenters. The third-order valence-electron chi connectivity index (χ3n) is 5.37. The van der Waals surface area contributed by atoms with E-state index in [1.165, 1.54) is 7.05 Å². The van der Waals surface area contributed by atoms with Gasteiger partial charge in [-0.1, -0.05) is 34.6 Å². The number of hydrogen-bond donors (Lipinski definition) is 5. The molecule has 1 heterocycles. The summed E-state index contributed by atoms with van der Waals surface area (Å²) in [4.78, 5) is 63.4. The van der Waals surface area contributed by atoms with Crippen molar-refractivity contribution in [1.82, 2.24) is 26.2 Å². The molecule has 0 radical (unpaired) electrons. The lowest BCUT2D eigenvalue weighted by Crippen LogP contribution is -2.58. The number of rotatable bonds is 10. The van der Waals surface area contributed by atoms with E-state index >= 15 is 0 Å². The van der Waals surface area contributed by atoms with Crippen molar-refractivity contribution in [3.63, 3.8) is 0 Å². The van der Waals surface area contributed by atoms with E-state index in [4.69, 9.17) is 0 Å². The molecular formula is C22H39N5O5S. The fraction of sp³-hybridized carbons (Fsp3) is 0.773. The largest absolute Gasteiger partial charge is 0.357 e. The Labute approximate surface area is 201 Å². The molecule has 188 valence electrons. The normalized spacial score (nSPS) is 18.4. The summed E-state index contributed by atoms with van der Waals surface area (Å²) in [6, 6.07) is -2.15. The van der Waals surface area contributed by atoms with Crippen molar-refractivity contribution < 1.29 is 24.0 Å². The number of nitrogens with zero attached hydrogens (tertiary/aromatic N) is 1. The Morgan fingerprint density at radius 2 is 1.64 bits per heavy atom. The average Bonchev–Trinajstić information content (AvgIpc) is 2.88. The first-order chi connectivity index (χ1) is 15.0. The third kappa shape index (κ3) is 7.90. The molecule has 0 aliphatic carbocycles. The summed E-state index contributed by atoms with van der Waals surface area (Å²) >= 11 is 4.32. The molecule has 0 spiro atoms. The van der Waals surface area contributed by atoms with Gasteiger partial charge in [-0.2, -0.15) is 12.6 Å². The number of urea groups is 1. The van der Waals surface area contributed by atoms with E-state index in [-0.39, 0.29) is 30.7 Å². The van der Waals surface area contributed by atoms with Crippen LogP contribution >= 0.6 is 12.6 Å². The first kappa shape index (κ1) is 28.7. The SMILES string of the molecule is CNC(=O)[C@H](NC(=O)C(CC(C)C)NC(=O)[C@H](S)CCN1C(=O)NC(C)(C)C1=O)C(C)(C)C. The van der Waals surface area contributed by atoms with Crippen molar-refractivity contribution in [2.45, 2.75) is 84.2 Å². The number of carbonyl (C=O) groups excluding carboxylic acids is 5. The van der Waals surface area contributed by atoms with Crippen LogP contribution in [0.2, 0.25) is 0 Å². The Morgan fingerprint density at radius 1 is 1.06 bits per heavy atom. The van der Waals surface area contributed by atoms with E-state index in [1.807, 2.05) is 34.6 Å². The van der Waals surface area contributed by atoms with E-state index in [0.717, 1.165) is 4.90 Å². The molecule has 0 aromatic carbocycles. The van der Waals surface area contributed by atoms with Gasteiger partial charge < -0.3 is 21.3 Å². The Balaban J connectivity index is 2.83. The molecule has 0 saturated carbocycles. The molecule has 11 heteroatoms. The smallest absolute Gasteiger partial charge is 0.325 e. The maximum Gasteiger partial charge on any atom is 0.325 e. The molecule has 10 nitrogen and oxygen atoms in total. The van der Waals surface area contributed by atoms with E-state index in [9.17, 15) is 24.0 Å². The average molecular weight is 486 g/mol. The minimum atomic E-state index is -0.986. The first-order valence-electron chi connectivity index (χ1n) is 11.2. The number of carbonyl (C=O) groups is 5. The van der Waals surface area contributed by atoms with Gasteiger partial charge in [0.15, 0.2) is 0 Å². The van der Waals surface area contributed by atoms with Gasteiger partial charge >= 0.3 is 6.03 Å². The van der Waals surface area contributed by atoms with Crippen molar-refractivity contribution in [3.8, 4) is 0 Å². The minimum Gasteiger partial charge on any atom is -0.357 e. The van der Waals surface area contributed by atoms with Crippen molar-refractivity contribution in [2.75, 3.05) is 13.6 Å². The van der Waals surface area contributed by atoms with Gasteiger partial charge in [0.05, 0.1) is 5.25 Å². The summed E-state index contributed by atoms with van der Waals surface area (Å²) in [5.74, 6) is -1.54. The highest BCUT2D eigenvalue weighted by atomic mass is 32.1. The Morgan fingerprint density at radius 3 is 2.06 bits per heavy atom. The highest BCUT2D eigenvalue weighted by Gasteiger charge is 2.44. The monoisotopic (exact) mass is 485 g/mol. The second-order valence-electron chi connectivity index (χ2n) is 10.4. The molecule has 3 atom stereocenters. The summed E-state index contributed by atoms with van der Waals surface area (Å²) in [6.07, 6.45) is 0.493. The van der Waals surface area contributed by atoms with Crippen LogP contribution in [0.4, 0.5) is 4.79 Å². The Kier molecular flexibility index (Phi) is 9.77. The highest BCUT2D eigenvalue weighted by molar-refractivity contribution is 7.81. The fourth-order valence-corrected chi connectivity index (χ4v) is 3.63. The lowest BCUT2D eigenvalue weighted by atomic mass is 9.85. The van der Waals surface area contributed by atoms with Gasteiger partial charge in [0.1, 0.15) is 17.6 Å².